The first-order valence-corrected chi connectivity index (χ1v) is 5.98. The normalized spacial score (nSPS) is 10.2. The third kappa shape index (κ3) is 3.24. The smallest absolute Gasteiger partial charge is 0.255 e. The quantitative estimate of drug-likeness (QED) is 0.933. The molecule has 0 aromatic heterocycles. The first-order chi connectivity index (χ1) is 9.49. The number of methoxy groups -OCH3 is 1. The Labute approximate surface area is 119 Å². The minimum absolute atomic E-state index is 0.116. The van der Waals surface area contributed by atoms with E-state index in [-0.39, 0.29) is 5.56 Å². The monoisotopic (exact) mass is 297 g/mol. The molecule has 0 saturated carbocycles. The maximum Gasteiger partial charge on any atom is 0.255 e. The summed E-state index contributed by atoms with van der Waals surface area (Å²) in [6.07, 6.45) is 0. The van der Waals surface area contributed by atoms with Gasteiger partial charge in [-0.15, -0.1) is 0 Å². The van der Waals surface area contributed by atoms with Crippen LogP contribution in [0.1, 0.15) is 10.4 Å². The van der Waals surface area contributed by atoms with Gasteiger partial charge in [0.15, 0.2) is 0 Å². The second kappa shape index (κ2) is 5.88. The standard InChI is InChI=1S/C14H10ClF2NO2/c1-20-13-3-2-11(7-12(13)15)18-14(19)8-4-9(16)6-10(17)5-8/h2-7H,1H3,(H,18,19). The number of hydrogen-bond donors (Lipinski definition) is 1. The van der Waals surface area contributed by atoms with Crippen molar-refractivity contribution in [2.24, 2.45) is 0 Å². The largest absolute Gasteiger partial charge is 0.495 e. The Bertz CT molecular complexity index is 641. The van der Waals surface area contributed by atoms with Crippen LogP contribution in [0.25, 0.3) is 0 Å². The number of carbonyl (C=O) groups is 1. The summed E-state index contributed by atoms with van der Waals surface area (Å²) in [4.78, 5) is 11.9. The second-order valence-corrected chi connectivity index (χ2v) is 4.37. The Balaban J connectivity index is 2.21. The summed E-state index contributed by atoms with van der Waals surface area (Å²) in [6, 6.07) is 7.21. The predicted molar refractivity (Wildman–Crippen MR) is 72.3 cm³/mol. The summed E-state index contributed by atoms with van der Waals surface area (Å²) >= 11 is 5.91. The van der Waals surface area contributed by atoms with Crippen LogP contribution in [0.4, 0.5) is 14.5 Å². The van der Waals surface area contributed by atoms with Gasteiger partial charge in [0.25, 0.3) is 5.91 Å². The summed E-state index contributed by atoms with van der Waals surface area (Å²) in [5.74, 6) is -1.81. The first kappa shape index (κ1) is 14.3. The highest BCUT2D eigenvalue weighted by Crippen LogP contribution is 2.27. The SMILES string of the molecule is COc1ccc(NC(=O)c2cc(F)cc(F)c2)cc1Cl. The van der Waals surface area contributed by atoms with Crippen LogP contribution < -0.4 is 10.1 Å². The zero-order valence-corrected chi connectivity index (χ0v) is 11.2. The van der Waals surface area contributed by atoms with Crippen LogP contribution in [-0.4, -0.2) is 13.0 Å². The molecule has 0 radical (unpaired) electrons. The Morgan fingerprint density at radius 1 is 1.15 bits per heavy atom. The number of benzene rings is 2. The minimum Gasteiger partial charge on any atom is -0.495 e. The molecule has 0 saturated heterocycles. The number of halogens is 3. The summed E-state index contributed by atoms with van der Waals surface area (Å²) in [5.41, 5.74) is 0.278. The van der Waals surface area contributed by atoms with Crippen LogP contribution in [0.15, 0.2) is 36.4 Å². The molecule has 3 nitrogen and oxygen atoms in total. The molecule has 2 rings (SSSR count). The molecular formula is C14H10ClF2NO2. The Morgan fingerprint density at radius 2 is 1.80 bits per heavy atom. The van der Waals surface area contributed by atoms with E-state index in [4.69, 9.17) is 16.3 Å². The van der Waals surface area contributed by atoms with Crippen LogP contribution >= 0.6 is 11.6 Å². The number of ether oxygens (including phenoxy) is 1. The fourth-order valence-corrected chi connectivity index (χ4v) is 1.89. The van der Waals surface area contributed by atoms with E-state index >= 15 is 0 Å². The van der Waals surface area contributed by atoms with Gasteiger partial charge in [-0.3, -0.25) is 4.79 Å². The van der Waals surface area contributed by atoms with E-state index in [0.29, 0.717) is 22.5 Å². The van der Waals surface area contributed by atoms with Crippen molar-refractivity contribution < 1.29 is 18.3 Å². The van der Waals surface area contributed by atoms with Gasteiger partial charge in [-0.25, -0.2) is 8.78 Å². The zero-order valence-electron chi connectivity index (χ0n) is 10.4. The first-order valence-electron chi connectivity index (χ1n) is 5.60. The molecule has 0 aliphatic carbocycles. The second-order valence-electron chi connectivity index (χ2n) is 3.96. The lowest BCUT2D eigenvalue weighted by atomic mass is 10.2. The molecule has 1 N–H and O–H groups in total. The van der Waals surface area contributed by atoms with Crippen molar-refractivity contribution >= 4 is 23.2 Å². The number of nitrogens with one attached hydrogen (secondary N) is 1. The summed E-state index contributed by atoms with van der Waals surface area (Å²) in [7, 11) is 1.47. The Morgan fingerprint density at radius 3 is 2.35 bits per heavy atom. The van der Waals surface area contributed by atoms with Gasteiger partial charge in [-0.2, -0.15) is 0 Å². The number of anilines is 1. The summed E-state index contributed by atoms with van der Waals surface area (Å²) in [5, 5.41) is 2.81. The van der Waals surface area contributed by atoms with Crippen molar-refractivity contribution in [1.82, 2.24) is 0 Å². The highest BCUT2D eigenvalue weighted by molar-refractivity contribution is 6.32. The van der Waals surface area contributed by atoms with Crippen LogP contribution in [0.3, 0.4) is 0 Å². The lowest BCUT2D eigenvalue weighted by molar-refractivity contribution is 0.102. The molecule has 0 aliphatic heterocycles. The number of hydrogen-bond acceptors (Lipinski definition) is 2. The van der Waals surface area contributed by atoms with E-state index in [0.717, 1.165) is 12.1 Å². The van der Waals surface area contributed by atoms with Crippen LogP contribution in [-0.2, 0) is 0 Å². The molecule has 1 amide bonds. The number of carbonyl (C=O) groups excluding carboxylic acids is 1. The molecule has 0 atom stereocenters. The van der Waals surface area contributed by atoms with Crippen molar-refractivity contribution in [2.75, 3.05) is 12.4 Å². The van der Waals surface area contributed by atoms with E-state index in [2.05, 4.69) is 5.32 Å². The van der Waals surface area contributed by atoms with E-state index in [1.54, 1.807) is 12.1 Å². The average molecular weight is 298 g/mol. The Hall–Kier alpha value is -2.14. The number of rotatable bonds is 3. The molecule has 0 spiro atoms. The lowest BCUT2D eigenvalue weighted by Gasteiger charge is -2.08. The molecule has 0 heterocycles. The van der Waals surface area contributed by atoms with E-state index in [9.17, 15) is 13.6 Å². The van der Waals surface area contributed by atoms with Gasteiger partial charge >= 0.3 is 0 Å². The third-order valence-corrected chi connectivity index (χ3v) is 2.83. The van der Waals surface area contributed by atoms with Crippen molar-refractivity contribution in [2.45, 2.75) is 0 Å². The van der Waals surface area contributed by atoms with Crippen LogP contribution in [0, 0.1) is 11.6 Å². The molecule has 0 unspecified atom stereocenters. The molecule has 20 heavy (non-hydrogen) atoms. The molecule has 0 aliphatic rings. The molecule has 104 valence electrons. The summed E-state index contributed by atoms with van der Waals surface area (Å²) in [6.45, 7) is 0. The Kier molecular flexibility index (Phi) is 4.20. The maximum atomic E-state index is 13.0. The molecule has 6 heteroatoms. The molecule has 2 aromatic rings. The van der Waals surface area contributed by atoms with Crippen LogP contribution in [0.5, 0.6) is 5.75 Å². The fraction of sp³-hybridized carbons (Fsp3) is 0.0714. The molecule has 0 fully saturated rings. The highest BCUT2D eigenvalue weighted by Gasteiger charge is 2.10. The lowest BCUT2D eigenvalue weighted by Crippen LogP contribution is -2.12. The van der Waals surface area contributed by atoms with Crippen molar-refractivity contribution in [1.29, 1.82) is 0 Å². The predicted octanol–water partition coefficient (Wildman–Crippen LogP) is 3.88. The van der Waals surface area contributed by atoms with Gasteiger partial charge in [-0.05, 0) is 30.3 Å². The molecule has 0 bridgehead atoms. The third-order valence-electron chi connectivity index (χ3n) is 2.53. The topological polar surface area (TPSA) is 38.3 Å². The van der Waals surface area contributed by atoms with Gasteiger partial charge in [0, 0.05) is 17.3 Å². The van der Waals surface area contributed by atoms with Crippen molar-refractivity contribution in [3.05, 3.63) is 58.6 Å². The average Bonchev–Trinajstić information content (AvgIpc) is 2.37. The van der Waals surface area contributed by atoms with Gasteiger partial charge in [0.2, 0.25) is 0 Å². The van der Waals surface area contributed by atoms with Crippen molar-refractivity contribution in [3.8, 4) is 5.75 Å². The van der Waals surface area contributed by atoms with E-state index in [1.807, 2.05) is 0 Å². The maximum absolute atomic E-state index is 13.0. The zero-order chi connectivity index (χ0) is 14.7. The molecule has 2 aromatic carbocycles. The summed E-state index contributed by atoms with van der Waals surface area (Å²) < 4.78 is 31.0. The van der Waals surface area contributed by atoms with Crippen molar-refractivity contribution in [3.63, 3.8) is 0 Å². The number of amides is 1. The van der Waals surface area contributed by atoms with Crippen LogP contribution in [0.2, 0.25) is 5.02 Å². The van der Waals surface area contributed by atoms with E-state index < -0.39 is 17.5 Å². The van der Waals surface area contributed by atoms with Gasteiger partial charge in [0.1, 0.15) is 17.4 Å². The van der Waals surface area contributed by atoms with Gasteiger partial charge in [0.05, 0.1) is 12.1 Å². The van der Waals surface area contributed by atoms with Gasteiger partial charge in [-0.1, -0.05) is 11.6 Å². The van der Waals surface area contributed by atoms with Gasteiger partial charge < -0.3 is 10.1 Å². The molecular weight excluding hydrogens is 288 g/mol. The highest BCUT2D eigenvalue weighted by atomic mass is 35.5. The van der Waals surface area contributed by atoms with E-state index in [1.165, 1.54) is 13.2 Å². The fourth-order valence-electron chi connectivity index (χ4n) is 1.63. The minimum atomic E-state index is -0.817.